The molecule has 0 N–H and O–H groups in total. The van der Waals surface area contributed by atoms with E-state index in [4.69, 9.17) is 9.47 Å². The lowest BCUT2D eigenvalue weighted by Gasteiger charge is -2.14. The first kappa shape index (κ1) is 19.9. The molecule has 0 spiro atoms. The average Bonchev–Trinajstić information content (AvgIpc) is 2.63. The van der Waals surface area contributed by atoms with Crippen molar-refractivity contribution in [2.24, 2.45) is 0 Å². The Labute approximate surface area is 157 Å². The lowest BCUT2D eigenvalue weighted by atomic mass is 10.2. The minimum absolute atomic E-state index is 0.0784. The van der Waals surface area contributed by atoms with Crippen molar-refractivity contribution in [1.82, 2.24) is 9.55 Å². The van der Waals surface area contributed by atoms with Crippen LogP contribution >= 0.6 is 0 Å². The molecular weight excluding hydrogens is 346 g/mol. The third kappa shape index (κ3) is 4.61. The number of rotatable bonds is 6. The molecule has 7 nitrogen and oxygen atoms in total. The molecule has 0 saturated carbocycles. The molecule has 0 aliphatic rings. The normalized spacial score (nSPS) is 10.0. The summed E-state index contributed by atoms with van der Waals surface area (Å²) >= 11 is 0. The number of hydrogen-bond donors (Lipinski definition) is 0. The number of carbonyl (C=O) groups is 1. The van der Waals surface area contributed by atoms with E-state index in [2.05, 4.69) is 11.1 Å². The molecule has 0 unspecified atom stereocenters. The van der Waals surface area contributed by atoms with Crippen LogP contribution in [0, 0.1) is 18.3 Å². The Bertz CT molecular complexity index is 979. The van der Waals surface area contributed by atoms with Gasteiger partial charge in [0.25, 0.3) is 5.56 Å². The van der Waals surface area contributed by atoms with Gasteiger partial charge in [-0.3, -0.25) is 9.36 Å². The number of carbonyl (C=O) groups excluding carboxylic acids is 1. The molecule has 1 aromatic heterocycles. The minimum atomic E-state index is -0.727. The van der Waals surface area contributed by atoms with Crippen LogP contribution in [0.2, 0.25) is 0 Å². The lowest BCUT2D eigenvalue weighted by molar-refractivity contribution is 0.0523. The fraction of sp³-hybridized carbons (Fsp3) is 0.300. The van der Waals surface area contributed by atoms with Crippen LogP contribution in [0.3, 0.4) is 0 Å². The van der Waals surface area contributed by atoms with E-state index in [0.717, 1.165) is 11.1 Å². The van der Waals surface area contributed by atoms with E-state index in [9.17, 15) is 14.9 Å². The van der Waals surface area contributed by atoms with Crippen LogP contribution in [0.5, 0.6) is 5.75 Å². The Morgan fingerprint density at radius 2 is 2.07 bits per heavy atom. The zero-order valence-electron chi connectivity index (χ0n) is 15.8. The highest BCUT2D eigenvalue weighted by atomic mass is 16.5. The SMILES string of the molecule is CCOC(=O)c1cncn(-c2ccc(C)cc2OCC(C#N)=C(C)C)c1=O. The molecule has 0 aliphatic heterocycles. The fourth-order valence-corrected chi connectivity index (χ4v) is 2.31. The second kappa shape index (κ2) is 8.81. The molecular formula is C20H21N3O4. The third-order valence-electron chi connectivity index (χ3n) is 3.82. The molecule has 0 bridgehead atoms. The molecule has 7 heteroatoms. The topological polar surface area (TPSA) is 94.2 Å². The van der Waals surface area contributed by atoms with Gasteiger partial charge in [0, 0.05) is 6.20 Å². The van der Waals surface area contributed by atoms with Crippen LogP contribution in [0.25, 0.3) is 5.69 Å². The van der Waals surface area contributed by atoms with Gasteiger partial charge in [0.05, 0.1) is 23.9 Å². The van der Waals surface area contributed by atoms with E-state index in [-0.39, 0.29) is 18.8 Å². The van der Waals surface area contributed by atoms with Gasteiger partial charge in [0.15, 0.2) is 0 Å². The van der Waals surface area contributed by atoms with Crippen LogP contribution in [0.1, 0.15) is 36.7 Å². The predicted octanol–water partition coefficient (Wildman–Crippen LogP) is 2.96. The van der Waals surface area contributed by atoms with Gasteiger partial charge in [0.2, 0.25) is 0 Å². The molecule has 2 aromatic rings. The van der Waals surface area contributed by atoms with Gasteiger partial charge in [0.1, 0.15) is 24.2 Å². The Balaban J connectivity index is 2.50. The van der Waals surface area contributed by atoms with Crippen molar-refractivity contribution in [3.63, 3.8) is 0 Å². The van der Waals surface area contributed by atoms with E-state index in [0.29, 0.717) is 17.0 Å². The summed E-state index contributed by atoms with van der Waals surface area (Å²) in [4.78, 5) is 28.7. The van der Waals surface area contributed by atoms with E-state index in [1.54, 1.807) is 19.1 Å². The molecule has 2 rings (SSSR count). The van der Waals surface area contributed by atoms with Crippen molar-refractivity contribution in [3.8, 4) is 17.5 Å². The van der Waals surface area contributed by atoms with Gasteiger partial charge < -0.3 is 9.47 Å². The summed E-state index contributed by atoms with van der Waals surface area (Å²) < 4.78 is 11.9. The monoisotopic (exact) mass is 367 g/mol. The van der Waals surface area contributed by atoms with Crippen molar-refractivity contribution in [1.29, 1.82) is 5.26 Å². The van der Waals surface area contributed by atoms with Crippen LogP contribution in [-0.2, 0) is 4.74 Å². The first-order valence-electron chi connectivity index (χ1n) is 8.43. The van der Waals surface area contributed by atoms with Gasteiger partial charge in [-0.2, -0.15) is 5.26 Å². The second-order valence-electron chi connectivity index (χ2n) is 6.05. The minimum Gasteiger partial charge on any atom is -0.486 e. The first-order chi connectivity index (χ1) is 12.9. The molecule has 0 aliphatic carbocycles. The van der Waals surface area contributed by atoms with Crippen LogP contribution in [-0.4, -0.2) is 28.7 Å². The second-order valence-corrected chi connectivity index (χ2v) is 6.05. The Kier molecular flexibility index (Phi) is 6.50. The molecule has 0 saturated heterocycles. The highest BCUT2D eigenvalue weighted by Crippen LogP contribution is 2.24. The van der Waals surface area contributed by atoms with Crippen molar-refractivity contribution in [2.45, 2.75) is 27.7 Å². The molecule has 0 atom stereocenters. The summed E-state index contributed by atoms with van der Waals surface area (Å²) in [6, 6.07) is 7.39. The predicted molar refractivity (Wildman–Crippen MR) is 100 cm³/mol. The Morgan fingerprint density at radius 3 is 2.70 bits per heavy atom. The van der Waals surface area contributed by atoms with Gasteiger partial charge >= 0.3 is 5.97 Å². The molecule has 140 valence electrons. The third-order valence-corrected chi connectivity index (χ3v) is 3.82. The van der Waals surface area contributed by atoms with Crippen molar-refractivity contribution in [2.75, 3.05) is 13.2 Å². The maximum Gasteiger partial charge on any atom is 0.345 e. The van der Waals surface area contributed by atoms with Gasteiger partial charge in [-0.25, -0.2) is 9.78 Å². The fourth-order valence-electron chi connectivity index (χ4n) is 2.31. The molecule has 27 heavy (non-hydrogen) atoms. The number of aromatic nitrogens is 2. The first-order valence-corrected chi connectivity index (χ1v) is 8.43. The highest BCUT2D eigenvalue weighted by molar-refractivity contribution is 5.88. The molecule has 1 aromatic carbocycles. The number of hydrogen-bond acceptors (Lipinski definition) is 6. The van der Waals surface area contributed by atoms with Crippen LogP contribution < -0.4 is 10.3 Å². The summed E-state index contributed by atoms with van der Waals surface area (Å²) in [5, 5.41) is 9.20. The summed E-state index contributed by atoms with van der Waals surface area (Å²) in [5.41, 5.74) is 2.00. The zero-order chi connectivity index (χ0) is 20.0. The van der Waals surface area contributed by atoms with Crippen LogP contribution in [0.4, 0.5) is 0 Å². The Morgan fingerprint density at radius 1 is 1.33 bits per heavy atom. The van der Waals surface area contributed by atoms with E-state index in [1.165, 1.54) is 17.1 Å². The maximum absolute atomic E-state index is 12.7. The number of allylic oxidation sites excluding steroid dienone is 1. The average molecular weight is 367 g/mol. The van der Waals surface area contributed by atoms with Crippen LogP contribution in [0.15, 0.2) is 46.7 Å². The molecule has 0 radical (unpaired) electrons. The van der Waals surface area contributed by atoms with Gasteiger partial charge in [-0.15, -0.1) is 0 Å². The zero-order valence-corrected chi connectivity index (χ0v) is 15.8. The van der Waals surface area contributed by atoms with E-state index < -0.39 is 11.5 Å². The van der Waals surface area contributed by atoms with Gasteiger partial charge in [-0.05, 0) is 45.4 Å². The van der Waals surface area contributed by atoms with Crippen molar-refractivity contribution in [3.05, 3.63) is 63.4 Å². The van der Waals surface area contributed by atoms with Gasteiger partial charge in [-0.1, -0.05) is 11.6 Å². The number of nitriles is 1. The van der Waals surface area contributed by atoms with E-state index >= 15 is 0 Å². The summed E-state index contributed by atoms with van der Waals surface area (Å²) in [6.07, 6.45) is 2.50. The largest absolute Gasteiger partial charge is 0.486 e. The number of benzene rings is 1. The summed E-state index contributed by atoms with van der Waals surface area (Å²) in [6.45, 7) is 7.45. The number of ether oxygens (including phenoxy) is 2. The molecule has 0 amide bonds. The molecule has 1 heterocycles. The van der Waals surface area contributed by atoms with Crippen molar-refractivity contribution < 1.29 is 14.3 Å². The number of esters is 1. The highest BCUT2D eigenvalue weighted by Gasteiger charge is 2.17. The quantitative estimate of drug-likeness (QED) is 0.575. The van der Waals surface area contributed by atoms with E-state index in [1.807, 2.05) is 26.8 Å². The number of aryl methyl sites for hydroxylation is 1. The molecule has 0 fully saturated rings. The number of nitrogens with zero attached hydrogens (tertiary/aromatic N) is 3. The smallest absolute Gasteiger partial charge is 0.345 e. The lowest BCUT2D eigenvalue weighted by Crippen LogP contribution is -2.27. The summed E-state index contributed by atoms with van der Waals surface area (Å²) in [5.74, 6) is -0.316. The maximum atomic E-state index is 12.7. The van der Waals surface area contributed by atoms with Crippen molar-refractivity contribution >= 4 is 5.97 Å². The Hall–Kier alpha value is -3.40. The standard InChI is InChI=1S/C20H21N3O4/c1-5-26-20(25)16-10-22-12-23(19(16)24)17-7-6-14(4)8-18(17)27-11-15(9-21)13(2)3/h6-8,10,12H,5,11H2,1-4H3. The summed E-state index contributed by atoms with van der Waals surface area (Å²) in [7, 11) is 0.